The first-order chi connectivity index (χ1) is 11.5. The van der Waals surface area contributed by atoms with Crippen LogP contribution in [0.3, 0.4) is 0 Å². The summed E-state index contributed by atoms with van der Waals surface area (Å²) >= 11 is 13.2. The Balaban J connectivity index is 1.89. The van der Waals surface area contributed by atoms with E-state index in [1.807, 2.05) is 31.2 Å². The molecule has 0 saturated carbocycles. The molecule has 0 aromatic heterocycles. The second kappa shape index (κ2) is 7.01. The molecule has 24 heavy (non-hydrogen) atoms. The summed E-state index contributed by atoms with van der Waals surface area (Å²) in [5.41, 5.74) is 2.53. The van der Waals surface area contributed by atoms with Gasteiger partial charge in [0.2, 0.25) is 0 Å². The molecule has 1 aliphatic rings. The molecule has 1 aliphatic heterocycles. The van der Waals surface area contributed by atoms with Crippen molar-refractivity contribution in [3.63, 3.8) is 0 Å². The maximum Gasteiger partial charge on any atom is 0.293 e. The maximum atomic E-state index is 12.6. The number of carbonyl (C=O) groups excluding carboxylic acids is 2. The molecule has 0 radical (unpaired) electrons. The van der Waals surface area contributed by atoms with E-state index < -0.39 is 0 Å². The molecule has 2 aromatic rings. The van der Waals surface area contributed by atoms with Crippen LogP contribution in [0.1, 0.15) is 16.7 Å². The van der Waals surface area contributed by atoms with Crippen LogP contribution in [0.5, 0.6) is 0 Å². The van der Waals surface area contributed by atoms with E-state index in [1.54, 1.807) is 24.3 Å². The molecule has 0 bridgehead atoms. The van der Waals surface area contributed by atoms with Crippen LogP contribution < -0.4 is 0 Å². The third-order valence-corrected chi connectivity index (χ3v) is 5.34. The third-order valence-electron chi connectivity index (χ3n) is 3.73. The smallest absolute Gasteiger partial charge is 0.268 e. The van der Waals surface area contributed by atoms with Crippen molar-refractivity contribution < 1.29 is 9.59 Å². The molecule has 3 nitrogen and oxygen atoms in total. The lowest BCUT2D eigenvalue weighted by atomic mass is 10.1. The molecule has 0 N–H and O–H groups in total. The number of thioether (sulfide) groups is 1. The highest BCUT2D eigenvalue weighted by Crippen LogP contribution is 2.35. The van der Waals surface area contributed by atoms with Crippen molar-refractivity contribution in [2.24, 2.45) is 0 Å². The molecule has 0 spiro atoms. The Hall–Kier alpha value is -1.75. The van der Waals surface area contributed by atoms with E-state index in [-0.39, 0.29) is 17.7 Å². The first-order valence-corrected chi connectivity index (χ1v) is 8.78. The lowest BCUT2D eigenvalue weighted by Crippen LogP contribution is -2.27. The van der Waals surface area contributed by atoms with Gasteiger partial charge >= 0.3 is 0 Å². The molecule has 6 heteroatoms. The summed E-state index contributed by atoms with van der Waals surface area (Å²) in [6, 6.07) is 12.8. The quantitative estimate of drug-likeness (QED) is 0.659. The predicted octanol–water partition coefficient (Wildman–Crippen LogP) is 5.54. The average molecular weight is 378 g/mol. The highest BCUT2D eigenvalue weighted by molar-refractivity contribution is 8.18. The molecule has 0 atom stereocenters. The maximum absolute atomic E-state index is 12.6. The summed E-state index contributed by atoms with van der Waals surface area (Å²) in [6.07, 6.45) is 1.74. The summed E-state index contributed by atoms with van der Waals surface area (Å²) in [5, 5.41) is 0.546. The first kappa shape index (κ1) is 17.1. The number of nitrogens with zero attached hydrogens (tertiary/aromatic N) is 1. The van der Waals surface area contributed by atoms with Crippen LogP contribution in [0.4, 0.5) is 4.79 Å². The predicted molar refractivity (Wildman–Crippen MR) is 99.2 cm³/mol. The summed E-state index contributed by atoms with van der Waals surface area (Å²) in [5.74, 6) is -0.329. The standard InChI is InChI=1S/C18H13Cl2NO2S/c1-11-5-2-3-6-12(11)9-16-17(22)21(18(23)24-16)10-13-14(19)7-4-8-15(13)20/h2-9H,10H2,1H3/b16-9-. The van der Waals surface area contributed by atoms with Crippen molar-refractivity contribution in [2.75, 3.05) is 0 Å². The van der Waals surface area contributed by atoms with E-state index in [1.165, 1.54) is 4.90 Å². The van der Waals surface area contributed by atoms with Gasteiger partial charge in [-0.05, 0) is 48.0 Å². The second-order valence-electron chi connectivity index (χ2n) is 5.32. The number of aryl methyl sites for hydroxylation is 1. The van der Waals surface area contributed by atoms with Gasteiger partial charge in [0.05, 0.1) is 11.4 Å². The molecule has 1 heterocycles. The van der Waals surface area contributed by atoms with Crippen LogP contribution in [0.25, 0.3) is 6.08 Å². The zero-order chi connectivity index (χ0) is 17.3. The molecule has 122 valence electrons. The third kappa shape index (κ3) is 3.36. The topological polar surface area (TPSA) is 37.4 Å². The summed E-state index contributed by atoms with van der Waals surface area (Å²) in [7, 11) is 0. The van der Waals surface area contributed by atoms with Crippen LogP contribution in [0.2, 0.25) is 10.0 Å². The highest BCUT2D eigenvalue weighted by Gasteiger charge is 2.35. The van der Waals surface area contributed by atoms with Gasteiger partial charge in [-0.25, -0.2) is 0 Å². The minimum Gasteiger partial charge on any atom is -0.268 e. The Bertz CT molecular complexity index is 844. The van der Waals surface area contributed by atoms with E-state index in [4.69, 9.17) is 23.2 Å². The number of rotatable bonds is 3. The normalized spacial score (nSPS) is 16.3. The lowest BCUT2D eigenvalue weighted by molar-refractivity contribution is -0.123. The minimum atomic E-state index is -0.329. The Morgan fingerprint density at radius 2 is 1.71 bits per heavy atom. The average Bonchev–Trinajstić information content (AvgIpc) is 2.80. The lowest BCUT2D eigenvalue weighted by Gasteiger charge is -2.14. The van der Waals surface area contributed by atoms with E-state index in [0.29, 0.717) is 20.5 Å². The van der Waals surface area contributed by atoms with E-state index >= 15 is 0 Å². The van der Waals surface area contributed by atoms with Crippen molar-refractivity contribution in [1.29, 1.82) is 0 Å². The molecule has 1 saturated heterocycles. The molecular formula is C18H13Cl2NO2S. The van der Waals surface area contributed by atoms with Gasteiger partial charge in [0.25, 0.3) is 11.1 Å². The van der Waals surface area contributed by atoms with Gasteiger partial charge in [-0.2, -0.15) is 0 Å². The zero-order valence-corrected chi connectivity index (χ0v) is 15.1. The largest absolute Gasteiger partial charge is 0.293 e. The van der Waals surface area contributed by atoms with Gasteiger partial charge in [-0.15, -0.1) is 0 Å². The molecule has 2 amide bonds. The van der Waals surface area contributed by atoms with Crippen molar-refractivity contribution in [1.82, 2.24) is 4.90 Å². The Morgan fingerprint density at radius 1 is 1.04 bits per heavy atom. The molecule has 0 unspecified atom stereocenters. The van der Waals surface area contributed by atoms with Gasteiger partial charge in [0.15, 0.2) is 0 Å². The van der Waals surface area contributed by atoms with Gasteiger partial charge in [0.1, 0.15) is 0 Å². The minimum absolute atomic E-state index is 0.0638. The van der Waals surface area contributed by atoms with Gasteiger partial charge in [-0.1, -0.05) is 53.5 Å². The van der Waals surface area contributed by atoms with Gasteiger partial charge in [0, 0.05) is 15.6 Å². The molecular weight excluding hydrogens is 365 g/mol. The van der Waals surface area contributed by atoms with Crippen molar-refractivity contribution >= 4 is 52.2 Å². The molecule has 2 aromatic carbocycles. The summed E-state index contributed by atoms with van der Waals surface area (Å²) < 4.78 is 0. The number of halogens is 2. The van der Waals surface area contributed by atoms with Crippen molar-refractivity contribution in [2.45, 2.75) is 13.5 Å². The first-order valence-electron chi connectivity index (χ1n) is 7.21. The monoisotopic (exact) mass is 377 g/mol. The van der Waals surface area contributed by atoms with Crippen LogP contribution in [0.15, 0.2) is 47.4 Å². The van der Waals surface area contributed by atoms with E-state index in [0.717, 1.165) is 22.9 Å². The van der Waals surface area contributed by atoms with Gasteiger partial charge < -0.3 is 0 Å². The Morgan fingerprint density at radius 3 is 2.38 bits per heavy atom. The fraction of sp³-hybridized carbons (Fsp3) is 0.111. The number of amides is 2. The summed E-state index contributed by atoms with van der Waals surface area (Å²) in [4.78, 5) is 26.4. The number of hydrogen-bond donors (Lipinski definition) is 0. The van der Waals surface area contributed by atoms with Gasteiger partial charge in [-0.3, -0.25) is 14.5 Å². The number of benzene rings is 2. The van der Waals surface area contributed by atoms with Crippen LogP contribution in [0, 0.1) is 6.92 Å². The van der Waals surface area contributed by atoms with Crippen molar-refractivity contribution in [3.8, 4) is 0 Å². The zero-order valence-electron chi connectivity index (χ0n) is 12.8. The van der Waals surface area contributed by atoms with Crippen LogP contribution in [-0.2, 0) is 11.3 Å². The summed E-state index contributed by atoms with van der Waals surface area (Å²) in [6.45, 7) is 2.02. The fourth-order valence-corrected chi connectivity index (χ4v) is 3.71. The number of imide groups is 1. The molecule has 3 rings (SSSR count). The highest BCUT2D eigenvalue weighted by atomic mass is 35.5. The SMILES string of the molecule is Cc1ccccc1/C=C1\SC(=O)N(Cc2c(Cl)cccc2Cl)C1=O. The second-order valence-corrected chi connectivity index (χ2v) is 7.13. The molecule has 1 fully saturated rings. The molecule has 0 aliphatic carbocycles. The fourth-order valence-electron chi connectivity index (χ4n) is 2.37. The number of hydrogen-bond acceptors (Lipinski definition) is 3. The van der Waals surface area contributed by atoms with E-state index in [9.17, 15) is 9.59 Å². The Kier molecular flexibility index (Phi) is 4.99. The van der Waals surface area contributed by atoms with Crippen LogP contribution in [-0.4, -0.2) is 16.0 Å². The van der Waals surface area contributed by atoms with Crippen LogP contribution >= 0.6 is 35.0 Å². The number of carbonyl (C=O) groups is 2. The van der Waals surface area contributed by atoms with Crippen molar-refractivity contribution in [3.05, 3.63) is 74.1 Å². The van der Waals surface area contributed by atoms with E-state index in [2.05, 4.69) is 0 Å². The Labute approximate surface area is 154 Å².